The lowest BCUT2D eigenvalue weighted by Gasteiger charge is -2.42. The molecule has 2 amide bonds. The number of allylic oxidation sites excluding steroid dienone is 3. The Labute approximate surface area is 244 Å². The number of carbonyl (C=O) groups excluding carboxylic acids is 3. The maximum absolute atomic E-state index is 13.6. The first-order chi connectivity index (χ1) is 19.6. The van der Waals surface area contributed by atoms with Crippen LogP contribution in [-0.4, -0.2) is 38.5 Å². The lowest BCUT2D eigenvalue weighted by Crippen LogP contribution is -2.42. The highest BCUT2D eigenvalue weighted by Crippen LogP contribution is 2.50. The van der Waals surface area contributed by atoms with Gasteiger partial charge in [0, 0.05) is 30.1 Å². The van der Waals surface area contributed by atoms with Crippen molar-refractivity contribution < 1.29 is 14.4 Å². The fourth-order valence-electron chi connectivity index (χ4n) is 5.08. The average molecular weight is 587 g/mol. The molecule has 0 saturated carbocycles. The molecule has 2 aliphatic rings. The van der Waals surface area contributed by atoms with Crippen LogP contribution >= 0.6 is 23.1 Å². The van der Waals surface area contributed by atoms with Crippen molar-refractivity contribution in [3.63, 3.8) is 0 Å². The molecule has 1 aliphatic carbocycles. The molecule has 3 aromatic rings. The first kappa shape index (κ1) is 28.0. The molecule has 1 aromatic carbocycles. The number of pyridine rings is 1. The number of nitrogens with zero attached hydrogens (tertiary/aromatic N) is 5. The zero-order valence-electron chi connectivity index (χ0n) is 22.2. The zero-order chi connectivity index (χ0) is 29.3. The molecule has 13 heteroatoms. The van der Waals surface area contributed by atoms with Gasteiger partial charge in [-0.3, -0.25) is 24.3 Å². The highest BCUT2D eigenvalue weighted by Gasteiger charge is 2.45. The van der Waals surface area contributed by atoms with Crippen LogP contribution in [-0.2, 0) is 9.59 Å². The second kappa shape index (κ2) is 11.1. The number of anilines is 2. The Kier molecular flexibility index (Phi) is 7.61. The topological polar surface area (TPSA) is 181 Å². The molecule has 1 atom stereocenters. The highest BCUT2D eigenvalue weighted by molar-refractivity contribution is 8.01. The predicted octanol–water partition coefficient (Wildman–Crippen LogP) is 3.70. The maximum atomic E-state index is 13.6. The Balaban J connectivity index is 1.44. The summed E-state index contributed by atoms with van der Waals surface area (Å²) in [5, 5.41) is 21.8. The largest absolute Gasteiger partial charge is 0.384 e. The lowest BCUT2D eigenvalue weighted by atomic mass is 9.69. The molecule has 0 radical (unpaired) electrons. The van der Waals surface area contributed by atoms with Crippen molar-refractivity contribution in [2.45, 2.75) is 36.9 Å². The van der Waals surface area contributed by atoms with E-state index in [1.807, 2.05) is 19.9 Å². The first-order valence-electron chi connectivity index (χ1n) is 12.6. The molecular formula is C28H26N8O3S2. The maximum Gasteiger partial charge on any atom is 0.250 e. The normalized spacial score (nSPS) is 18.1. The number of rotatable bonds is 7. The second-order valence-corrected chi connectivity index (χ2v) is 12.5. The number of nitriles is 1. The summed E-state index contributed by atoms with van der Waals surface area (Å²) in [6, 6.07) is 12.3. The number of benzene rings is 1. The smallest absolute Gasteiger partial charge is 0.250 e. The number of nitrogens with two attached hydrogens (primary N) is 2. The molecule has 2 aromatic heterocycles. The van der Waals surface area contributed by atoms with Crippen LogP contribution in [0.2, 0.25) is 0 Å². The minimum absolute atomic E-state index is 0.000951. The zero-order valence-corrected chi connectivity index (χ0v) is 23.9. The predicted molar refractivity (Wildman–Crippen MR) is 156 cm³/mol. The van der Waals surface area contributed by atoms with Gasteiger partial charge in [0.25, 0.3) is 5.91 Å². The van der Waals surface area contributed by atoms with Gasteiger partial charge in [-0.15, -0.1) is 10.2 Å². The number of aromatic nitrogens is 3. The van der Waals surface area contributed by atoms with Crippen LogP contribution in [0, 0.1) is 16.7 Å². The van der Waals surface area contributed by atoms with Crippen LogP contribution < -0.4 is 21.7 Å². The molecule has 1 unspecified atom stereocenters. The number of primary amides is 1. The molecule has 41 heavy (non-hydrogen) atoms. The molecule has 5 N–H and O–H groups in total. The van der Waals surface area contributed by atoms with Gasteiger partial charge in [0.1, 0.15) is 5.82 Å². The van der Waals surface area contributed by atoms with Crippen LogP contribution in [0.1, 0.15) is 48.5 Å². The molecule has 0 saturated heterocycles. The molecule has 5 rings (SSSR count). The highest BCUT2D eigenvalue weighted by atomic mass is 32.2. The number of para-hydroxylation sites is 1. The van der Waals surface area contributed by atoms with Crippen LogP contribution in [0.15, 0.2) is 75.8 Å². The Hall–Kier alpha value is -4.54. The van der Waals surface area contributed by atoms with E-state index in [9.17, 15) is 19.6 Å². The van der Waals surface area contributed by atoms with E-state index in [1.165, 1.54) is 17.4 Å². The average Bonchev–Trinajstić information content (AvgIpc) is 3.39. The van der Waals surface area contributed by atoms with Gasteiger partial charge in [-0.1, -0.05) is 55.1 Å². The van der Waals surface area contributed by atoms with Gasteiger partial charge in [-0.2, -0.15) is 5.26 Å². The fraction of sp³-hybridized carbons (Fsp3) is 0.250. The van der Waals surface area contributed by atoms with Crippen LogP contribution in [0.25, 0.3) is 0 Å². The van der Waals surface area contributed by atoms with E-state index >= 15 is 0 Å². The van der Waals surface area contributed by atoms with Crippen LogP contribution in [0.5, 0.6) is 0 Å². The van der Waals surface area contributed by atoms with Gasteiger partial charge in [-0.05, 0) is 35.6 Å². The third-order valence-electron chi connectivity index (χ3n) is 6.78. The van der Waals surface area contributed by atoms with Crippen LogP contribution in [0.4, 0.5) is 10.8 Å². The molecule has 0 bridgehead atoms. The van der Waals surface area contributed by atoms with E-state index in [-0.39, 0.29) is 39.8 Å². The van der Waals surface area contributed by atoms with Crippen LogP contribution in [0.3, 0.4) is 0 Å². The van der Waals surface area contributed by atoms with E-state index in [1.54, 1.807) is 41.6 Å². The van der Waals surface area contributed by atoms with Gasteiger partial charge in [0.05, 0.1) is 34.6 Å². The third-order valence-corrected chi connectivity index (χ3v) is 8.82. The quantitative estimate of drug-likeness (QED) is 0.345. The number of Topliss-reactive ketones (excluding diaryl/α,β-unsaturated/α-hetero) is 1. The fourth-order valence-corrected chi connectivity index (χ4v) is 6.76. The third kappa shape index (κ3) is 5.57. The summed E-state index contributed by atoms with van der Waals surface area (Å²) in [5.41, 5.74) is 14.4. The van der Waals surface area contributed by atoms with Crippen molar-refractivity contribution in [2.75, 3.05) is 16.0 Å². The standard InChI is InChI=1S/C28H26N8O3S2/c1-28(2)10-19-23(20(37)11-28)22(15-6-5-9-32-13-15)17(12-29)24(30)36(19)26-34-35-27(41-26)40-14-21(38)33-18-8-4-3-7-16(18)25(31)39/h3-9,13,22H,10-11,14,30H2,1-2H3,(H2,31,39)(H,33,38). The van der Waals surface area contributed by atoms with Crippen molar-refractivity contribution in [1.29, 1.82) is 5.26 Å². The number of carbonyl (C=O) groups is 3. The van der Waals surface area contributed by atoms with E-state index in [0.29, 0.717) is 44.8 Å². The van der Waals surface area contributed by atoms with Gasteiger partial charge >= 0.3 is 0 Å². The van der Waals surface area contributed by atoms with Crippen molar-refractivity contribution in [3.8, 4) is 6.07 Å². The number of amides is 2. The number of hydrogen-bond acceptors (Lipinski definition) is 11. The molecule has 3 heterocycles. The SMILES string of the molecule is CC1(C)CC(=O)C2=C(C1)N(c1nnc(SCC(=O)Nc3ccccc3C(N)=O)s1)C(N)=C(C#N)C2c1cccnc1. The molecule has 208 valence electrons. The van der Waals surface area contributed by atoms with E-state index in [0.717, 1.165) is 11.8 Å². The van der Waals surface area contributed by atoms with Crippen molar-refractivity contribution in [2.24, 2.45) is 16.9 Å². The number of nitrogens with one attached hydrogen (secondary N) is 1. The Morgan fingerprint density at radius 2 is 2.00 bits per heavy atom. The number of hydrogen-bond donors (Lipinski definition) is 3. The van der Waals surface area contributed by atoms with E-state index in [4.69, 9.17) is 11.5 Å². The number of thioether (sulfide) groups is 1. The summed E-state index contributed by atoms with van der Waals surface area (Å²) in [6.45, 7) is 4.03. The first-order valence-corrected chi connectivity index (χ1v) is 14.4. The summed E-state index contributed by atoms with van der Waals surface area (Å²) in [5.74, 6) is -1.50. The minimum Gasteiger partial charge on any atom is -0.384 e. The van der Waals surface area contributed by atoms with Gasteiger partial charge in [-0.25, -0.2) is 0 Å². The summed E-state index contributed by atoms with van der Waals surface area (Å²) in [6.07, 6.45) is 4.15. The molecule has 0 fully saturated rings. The minimum atomic E-state index is -0.643. The summed E-state index contributed by atoms with van der Waals surface area (Å²) in [7, 11) is 0. The number of ketones is 1. The summed E-state index contributed by atoms with van der Waals surface area (Å²) in [4.78, 5) is 43.7. The summed E-state index contributed by atoms with van der Waals surface area (Å²) >= 11 is 2.36. The lowest BCUT2D eigenvalue weighted by molar-refractivity contribution is -0.118. The molecule has 1 aliphatic heterocycles. The Morgan fingerprint density at radius 3 is 2.71 bits per heavy atom. The second-order valence-electron chi connectivity index (χ2n) is 10.4. The van der Waals surface area contributed by atoms with Crippen molar-refractivity contribution in [1.82, 2.24) is 15.2 Å². The molecule has 0 spiro atoms. The summed E-state index contributed by atoms with van der Waals surface area (Å²) < 4.78 is 0.488. The molecule has 11 nitrogen and oxygen atoms in total. The Morgan fingerprint density at radius 1 is 1.22 bits per heavy atom. The van der Waals surface area contributed by atoms with E-state index < -0.39 is 11.8 Å². The monoisotopic (exact) mass is 586 g/mol. The molecular weight excluding hydrogens is 560 g/mol. The Bertz CT molecular complexity index is 1660. The van der Waals surface area contributed by atoms with Crippen molar-refractivity contribution in [3.05, 3.63) is 82.6 Å². The van der Waals surface area contributed by atoms with Gasteiger partial charge in [0.2, 0.25) is 11.0 Å². The van der Waals surface area contributed by atoms with Gasteiger partial charge in [0.15, 0.2) is 10.1 Å². The van der Waals surface area contributed by atoms with Gasteiger partial charge < -0.3 is 16.8 Å². The van der Waals surface area contributed by atoms with E-state index in [2.05, 4.69) is 26.6 Å². The van der Waals surface area contributed by atoms with Crippen molar-refractivity contribution >= 4 is 51.5 Å².